The summed E-state index contributed by atoms with van der Waals surface area (Å²) in [4.78, 5) is 4.46. The minimum atomic E-state index is 0.793. The summed E-state index contributed by atoms with van der Waals surface area (Å²) in [6.07, 6.45) is 2.85. The fourth-order valence-electron chi connectivity index (χ4n) is 1.84. The van der Waals surface area contributed by atoms with E-state index in [0.717, 1.165) is 23.4 Å². The number of aromatic nitrogens is 1. The highest BCUT2D eigenvalue weighted by atomic mass is 14.7. The zero-order valence-electron chi connectivity index (χ0n) is 9.70. The van der Waals surface area contributed by atoms with E-state index in [4.69, 9.17) is 5.73 Å². The largest absolute Gasteiger partial charge is 0.399 e. The van der Waals surface area contributed by atoms with Crippen molar-refractivity contribution in [2.45, 2.75) is 20.3 Å². The van der Waals surface area contributed by atoms with Crippen LogP contribution in [0.25, 0.3) is 11.1 Å². The van der Waals surface area contributed by atoms with E-state index < -0.39 is 0 Å². The van der Waals surface area contributed by atoms with Gasteiger partial charge in [0.25, 0.3) is 0 Å². The van der Waals surface area contributed by atoms with E-state index >= 15 is 0 Å². The molecule has 2 heteroatoms. The van der Waals surface area contributed by atoms with Crippen molar-refractivity contribution in [3.8, 4) is 11.1 Å². The number of anilines is 1. The maximum atomic E-state index is 5.81. The van der Waals surface area contributed by atoms with Gasteiger partial charge in [0.2, 0.25) is 0 Å². The van der Waals surface area contributed by atoms with Crippen LogP contribution < -0.4 is 5.73 Å². The molecule has 0 saturated carbocycles. The highest BCUT2D eigenvalue weighted by Gasteiger charge is 2.05. The third-order valence-corrected chi connectivity index (χ3v) is 2.64. The number of hydrogen-bond donors (Lipinski definition) is 1. The molecule has 16 heavy (non-hydrogen) atoms. The Morgan fingerprint density at radius 1 is 1.25 bits per heavy atom. The molecule has 0 unspecified atom stereocenters. The Labute approximate surface area is 96.1 Å². The van der Waals surface area contributed by atoms with E-state index in [2.05, 4.69) is 31.0 Å². The number of pyridine rings is 1. The topological polar surface area (TPSA) is 38.9 Å². The summed E-state index contributed by atoms with van der Waals surface area (Å²) in [5.74, 6) is 0. The average Bonchev–Trinajstić information content (AvgIpc) is 2.29. The zero-order valence-corrected chi connectivity index (χ0v) is 9.70. The summed E-state index contributed by atoms with van der Waals surface area (Å²) >= 11 is 0. The van der Waals surface area contributed by atoms with Gasteiger partial charge in [-0.1, -0.05) is 19.1 Å². The monoisotopic (exact) mass is 212 g/mol. The molecular formula is C14H16N2. The van der Waals surface area contributed by atoms with Crippen LogP contribution in [0.1, 0.15) is 18.2 Å². The van der Waals surface area contributed by atoms with Crippen LogP contribution in [0.15, 0.2) is 36.5 Å². The molecule has 82 valence electrons. The molecule has 2 nitrogen and oxygen atoms in total. The van der Waals surface area contributed by atoms with Crippen molar-refractivity contribution in [1.82, 2.24) is 4.98 Å². The van der Waals surface area contributed by atoms with Crippen LogP contribution in [0, 0.1) is 6.92 Å². The average molecular weight is 212 g/mol. The first-order chi connectivity index (χ1) is 7.70. The molecule has 2 N–H and O–H groups in total. The molecule has 0 bridgehead atoms. The molecular weight excluding hydrogens is 196 g/mol. The van der Waals surface area contributed by atoms with Crippen LogP contribution in [-0.2, 0) is 6.42 Å². The Balaban J connectivity index is 2.58. The van der Waals surface area contributed by atoms with E-state index in [9.17, 15) is 0 Å². The van der Waals surface area contributed by atoms with Crippen LogP contribution in [0.2, 0.25) is 0 Å². The van der Waals surface area contributed by atoms with Crippen molar-refractivity contribution < 1.29 is 0 Å². The Bertz CT molecular complexity index is 504. The first kappa shape index (κ1) is 10.7. The van der Waals surface area contributed by atoms with E-state index in [-0.39, 0.29) is 0 Å². The molecule has 0 amide bonds. The third-order valence-electron chi connectivity index (χ3n) is 2.64. The molecule has 0 aliphatic carbocycles. The normalized spacial score (nSPS) is 10.4. The standard InChI is InChI=1S/C14H16N2/c1-3-14-13(7-10(2)9-16-14)11-5-4-6-12(15)8-11/h4-9H,3,15H2,1-2H3. The summed E-state index contributed by atoms with van der Waals surface area (Å²) < 4.78 is 0. The second-order valence-corrected chi connectivity index (χ2v) is 3.99. The number of nitrogen functional groups attached to an aromatic ring is 1. The number of nitrogens with zero attached hydrogens (tertiary/aromatic N) is 1. The predicted molar refractivity (Wildman–Crippen MR) is 68.2 cm³/mol. The fraction of sp³-hybridized carbons (Fsp3) is 0.214. The molecule has 0 fully saturated rings. The number of hydrogen-bond acceptors (Lipinski definition) is 2. The SMILES string of the molecule is CCc1ncc(C)cc1-c1cccc(N)c1. The Hall–Kier alpha value is -1.83. The summed E-state index contributed by atoms with van der Waals surface area (Å²) in [6.45, 7) is 4.18. The van der Waals surface area contributed by atoms with E-state index in [0.29, 0.717) is 0 Å². The smallest absolute Gasteiger partial charge is 0.0479 e. The predicted octanol–water partition coefficient (Wildman–Crippen LogP) is 3.20. The molecule has 0 aliphatic heterocycles. The van der Waals surface area contributed by atoms with Gasteiger partial charge in [0.05, 0.1) is 0 Å². The van der Waals surface area contributed by atoms with Crippen molar-refractivity contribution in [2.24, 2.45) is 0 Å². The lowest BCUT2D eigenvalue weighted by Gasteiger charge is -2.08. The molecule has 0 aliphatic rings. The zero-order chi connectivity index (χ0) is 11.5. The Morgan fingerprint density at radius 2 is 2.06 bits per heavy atom. The maximum absolute atomic E-state index is 5.81. The second-order valence-electron chi connectivity index (χ2n) is 3.99. The van der Waals surface area contributed by atoms with Gasteiger partial charge in [0, 0.05) is 23.1 Å². The summed E-state index contributed by atoms with van der Waals surface area (Å²) in [6, 6.07) is 10.1. The quantitative estimate of drug-likeness (QED) is 0.776. The van der Waals surface area contributed by atoms with Crippen LogP contribution >= 0.6 is 0 Å². The summed E-state index contributed by atoms with van der Waals surface area (Å²) in [5, 5.41) is 0. The molecule has 2 aromatic rings. The van der Waals surface area contributed by atoms with Crippen molar-refractivity contribution in [3.63, 3.8) is 0 Å². The maximum Gasteiger partial charge on any atom is 0.0479 e. The highest BCUT2D eigenvalue weighted by molar-refractivity contribution is 5.69. The number of aryl methyl sites for hydroxylation is 2. The molecule has 2 rings (SSSR count). The van der Waals surface area contributed by atoms with Crippen LogP contribution in [0.5, 0.6) is 0 Å². The van der Waals surface area contributed by atoms with Gasteiger partial charge in [0.1, 0.15) is 0 Å². The van der Waals surface area contributed by atoms with Gasteiger partial charge >= 0.3 is 0 Å². The van der Waals surface area contributed by atoms with Crippen molar-refractivity contribution >= 4 is 5.69 Å². The molecule has 0 atom stereocenters. The van der Waals surface area contributed by atoms with Gasteiger partial charge < -0.3 is 5.73 Å². The van der Waals surface area contributed by atoms with Crippen molar-refractivity contribution in [2.75, 3.05) is 5.73 Å². The Kier molecular flexibility index (Phi) is 2.91. The van der Waals surface area contributed by atoms with Gasteiger partial charge in [0.15, 0.2) is 0 Å². The van der Waals surface area contributed by atoms with E-state index in [1.54, 1.807) is 0 Å². The molecule has 0 radical (unpaired) electrons. The first-order valence-electron chi connectivity index (χ1n) is 5.52. The van der Waals surface area contributed by atoms with E-state index in [1.165, 1.54) is 11.1 Å². The Morgan fingerprint density at radius 3 is 2.75 bits per heavy atom. The third kappa shape index (κ3) is 2.06. The second kappa shape index (κ2) is 4.35. The van der Waals surface area contributed by atoms with Gasteiger partial charge in [-0.3, -0.25) is 4.98 Å². The number of rotatable bonds is 2. The van der Waals surface area contributed by atoms with Gasteiger partial charge in [-0.25, -0.2) is 0 Å². The first-order valence-corrected chi connectivity index (χ1v) is 5.52. The number of nitrogens with two attached hydrogens (primary N) is 1. The molecule has 0 saturated heterocycles. The van der Waals surface area contributed by atoms with Crippen molar-refractivity contribution in [1.29, 1.82) is 0 Å². The van der Waals surface area contributed by atoms with E-state index in [1.807, 2.05) is 24.4 Å². The van der Waals surface area contributed by atoms with Crippen LogP contribution in [-0.4, -0.2) is 4.98 Å². The minimum absolute atomic E-state index is 0.793. The van der Waals surface area contributed by atoms with Gasteiger partial charge in [-0.15, -0.1) is 0 Å². The summed E-state index contributed by atoms with van der Waals surface area (Å²) in [5.41, 5.74) is 11.2. The van der Waals surface area contributed by atoms with Gasteiger partial charge in [-0.05, 0) is 42.7 Å². The highest BCUT2D eigenvalue weighted by Crippen LogP contribution is 2.25. The minimum Gasteiger partial charge on any atom is -0.399 e. The molecule has 1 aromatic carbocycles. The fourth-order valence-corrected chi connectivity index (χ4v) is 1.84. The van der Waals surface area contributed by atoms with Crippen LogP contribution in [0.4, 0.5) is 5.69 Å². The van der Waals surface area contributed by atoms with Crippen LogP contribution in [0.3, 0.4) is 0 Å². The lowest BCUT2D eigenvalue weighted by molar-refractivity contribution is 1.03. The molecule has 1 heterocycles. The summed E-state index contributed by atoms with van der Waals surface area (Å²) in [7, 11) is 0. The lowest BCUT2D eigenvalue weighted by Crippen LogP contribution is -1.94. The molecule has 1 aromatic heterocycles. The molecule has 0 spiro atoms. The number of benzene rings is 1. The van der Waals surface area contributed by atoms with Crippen molar-refractivity contribution in [3.05, 3.63) is 47.8 Å². The van der Waals surface area contributed by atoms with Gasteiger partial charge in [-0.2, -0.15) is 0 Å². The lowest BCUT2D eigenvalue weighted by atomic mass is 10.0.